The normalized spacial score (nSPS) is 9.60. The Morgan fingerprint density at radius 3 is 1.75 bits per heavy atom. The Hall–Kier alpha value is -2.66. The Kier molecular flexibility index (Phi) is 4.47. The highest BCUT2D eigenvalue weighted by molar-refractivity contribution is 6.08. The molecule has 2 aromatic carbocycles. The zero-order valence-electron chi connectivity index (χ0n) is 11.3. The number of carbonyl (C=O) groups excluding carboxylic acids is 1. The number of Topliss-reactive ketones (excluding diaryl/α,β-unsaturated/α-hetero) is 1. The number of hydrogen-bond acceptors (Lipinski definition) is 2. The summed E-state index contributed by atoms with van der Waals surface area (Å²) in [5, 5.41) is 9.39. The van der Waals surface area contributed by atoms with Gasteiger partial charge in [-0.2, -0.15) is 5.26 Å². The lowest BCUT2D eigenvalue weighted by molar-refractivity contribution is -0.114. The van der Waals surface area contributed by atoms with Gasteiger partial charge in [-0.1, -0.05) is 67.6 Å². The van der Waals surface area contributed by atoms with Crippen LogP contribution in [0.4, 0.5) is 0 Å². The summed E-state index contributed by atoms with van der Waals surface area (Å²) >= 11 is 0. The quantitative estimate of drug-likeness (QED) is 0.616. The molecule has 0 bridgehead atoms. The second-order valence-corrected chi connectivity index (χ2v) is 4.37. The van der Waals surface area contributed by atoms with E-state index in [9.17, 15) is 10.1 Å². The smallest absolute Gasteiger partial charge is 0.173 e. The standard InChI is InChI=1S/C18H15NO/c1-2-17(20)16(13-19)18(14-9-5-3-6-10-14)15-11-7-4-8-12-15/h3-12H,2H2,1H3. The second-order valence-electron chi connectivity index (χ2n) is 4.37. The topological polar surface area (TPSA) is 40.9 Å². The van der Waals surface area contributed by atoms with Crippen LogP contribution in [0.5, 0.6) is 0 Å². The van der Waals surface area contributed by atoms with E-state index in [0.29, 0.717) is 12.0 Å². The van der Waals surface area contributed by atoms with Gasteiger partial charge in [0.2, 0.25) is 0 Å². The minimum atomic E-state index is -0.129. The van der Waals surface area contributed by atoms with Crippen LogP contribution in [-0.4, -0.2) is 5.78 Å². The van der Waals surface area contributed by atoms with Crippen molar-refractivity contribution in [2.45, 2.75) is 13.3 Å². The molecule has 98 valence electrons. The van der Waals surface area contributed by atoms with Crippen molar-refractivity contribution in [3.05, 3.63) is 77.4 Å². The van der Waals surface area contributed by atoms with Crippen molar-refractivity contribution in [3.8, 4) is 6.07 Å². The molecule has 0 spiro atoms. The van der Waals surface area contributed by atoms with Gasteiger partial charge in [0.25, 0.3) is 0 Å². The third-order valence-electron chi connectivity index (χ3n) is 3.09. The predicted octanol–water partition coefficient (Wildman–Crippen LogP) is 3.99. The highest BCUT2D eigenvalue weighted by Crippen LogP contribution is 2.27. The van der Waals surface area contributed by atoms with Gasteiger partial charge >= 0.3 is 0 Å². The van der Waals surface area contributed by atoms with Crippen LogP contribution < -0.4 is 0 Å². The molecule has 0 atom stereocenters. The van der Waals surface area contributed by atoms with Crippen molar-refractivity contribution in [2.75, 3.05) is 0 Å². The maximum atomic E-state index is 12.1. The average Bonchev–Trinajstić information content (AvgIpc) is 2.53. The fraction of sp³-hybridized carbons (Fsp3) is 0.111. The molecule has 2 aromatic rings. The van der Waals surface area contributed by atoms with Crippen LogP contribution >= 0.6 is 0 Å². The molecule has 0 aliphatic heterocycles. The van der Waals surface area contributed by atoms with Crippen molar-refractivity contribution >= 4 is 11.4 Å². The van der Waals surface area contributed by atoms with Gasteiger partial charge in [0.05, 0.1) is 0 Å². The fourth-order valence-corrected chi connectivity index (χ4v) is 2.10. The highest BCUT2D eigenvalue weighted by Gasteiger charge is 2.16. The van der Waals surface area contributed by atoms with Crippen LogP contribution in [0.3, 0.4) is 0 Å². The van der Waals surface area contributed by atoms with E-state index in [1.165, 1.54) is 0 Å². The van der Waals surface area contributed by atoms with Gasteiger partial charge in [0.1, 0.15) is 11.6 Å². The maximum Gasteiger partial charge on any atom is 0.173 e. The Morgan fingerprint density at radius 2 is 1.40 bits per heavy atom. The Bertz CT molecular complexity index is 622. The molecule has 0 fully saturated rings. The van der Waals surface area contributed by atoms with E-state index in [1.54, 1.807) is 6.92 Å². The van der Waals surface area contributed by atoms with Crippen LogP contribution in [0.1, 0.15) is 24.5 Å². The molecule has 0 saturated heterocycles. The van der Waals surface area contributed by atoms with Crippen molar-refractivity contribution in [1.82, 2.24) is 0 Å². The number of rotatable bonds is 4. The molecule has 2 rings (SSSR count). The third-order valence-corrected chi connectivity index (χ3v) is 3.09. The fourth-order valence-electron chi connectivity index (χ4n) is 2.10. The van der Waals surface area contributed by atoms with E-state index >= 15 is 0 Å². The number of ketones is 1. The molecule has 0 N–H and O–H groups in total. The average molecular weight is 261 g/mol. The second kappa shape index (κ2) is 6.49. The Balaban J connectivity index is 2.71. The molecule has 0 saturated carbocycles. The number of hydrogen-bond donors (Lipinski definition) is 0. The summed E-state index contributed by atoms with van der Waals surface area (Å²) in [5.41, 5.74) is 2.71. The first-order valence-corrected chi connectivity index (χ1v) is 6.56. The van der Waals surface area contributed by atoms with Crippen LogP contribution in [0, 0.1) is 11.3 Å². The largest absolute Gasteiger partial charge is 0.293 e. The molecule has 0 aliphatic carbocycles. The summed E-state index contributed by atoms with van der Waals surface area (Å²) in [4.78, 5) is 12.1. The molecular formula is C18H15NO. The number of benzene rings is 2. The first kappa shape index (κ1) is 13.8. The number of carbonyl (C=O) groups is 1. The lowest BCUT2D eigenvalue weighted by Gasteiger charge is -2.10. The molecule has 0 radical (unpaired) electrons. The van der Waals surface area contributed by atoms with Gasteiger partial charge in [0, 0.05) is 12.0 Å². The lowest BCUT2D eigenvalue weighted by Crippen LogP contribution is -2.03. The van der Waals surface area contributed by atoms with E-state index in [4.69, 9.17) is 0 Å². The molecular weight excluding hydrogens is 246 g/mol. The van der Waals surface area contributed by atoms with Gasteiger partial charge in [-0.05, 0) is 11.1 Å². The summed E-state index contributed by atoms with van der Waals surface area (Å²) in [6.07, 6.45) is 0.325. The molecule has 0 aliphatic rings. The van der Waals surface area contributed by atoms with E-state index in [-0.39, 0.29) is 11.4 Å². The molecule has 2 heteroatoms. The zero-order chi connectivity index (χ0) is 14.4. The van der Waals surface area contributed by atoms with Crippen molar-refractivity contribution in [2.24, 2.45) is 0 Å². The lowest BCUT2D eigenvalue weighted by atomic mass is 9.91. The molecule has 20 heavy (non-hydrogen) atoms. The molecule has 2 nitrogen and oxygen atoms in total. The minimum Gasteiger partial charge on any atom is -0.293 e. The zero-order valence-corrected chi connectivity index (χ0v) is 11.3. The number of nitriles is 1. The highest BCUT2D eigenvalue weighted by atomic mass is 16.1. The maximum absolute atomic E-state index is 12.1. The summed E-state index contributed by atoms with van der Waals surface area (Å²) in [5.74, 6) is -0.129. The third kappa shape index (κ3) is 2.84. The molecule has 0 aromatic heterocycles. The summed E-state index contributed by atoms with van der Waals surface area (Å²) in [6.45, 7) is 1.77. The van der Waals surface area contributed by atoms with E-state index in [2.05, 4.69) is 6.07 Å². The van der Waals surface area contributed by atoms with Gasteiger partial charge < -0.3 is 0 Å². The first-order chi connectivity index (χ1) is 9.77. The monoisotopic (exact) mass is 261 g/mol. The van der Waals surface area contributed by atoms with E-state index < -0.39 is 0 Å². The van der Waals surface area contributed by atoms with E-state index in [1.807, 2.05) is 60.7 Å². The molecule has 0 heterocycles. The summed E-state index contributed by atoms with van der Waals surface area (Å²) in [7, 11) is 0. The first-order valence-electron chi connectivity index (χ1n) is 6.56. The van der Waals surface area contributed by atoms with Crippen LogP contribution in [0.15, 0.2) is 66.2 Å². The van der Waals surface area contributed by atoms with E-state index in [0.717, 1.165) is 11.1 Å². The minimum absolute atomic E-state index is 0.129. The summed E-state index contributed by atoms with van der Waals surface area (Å²) in [6, 6.07) is 21.2. The van der Waals surface area contributed by atoms with Crippen molar-refractivity contribution in [3.63, 3.8) is 0 Å². The van der Waals surface area contributed by atoms with Gasteiger partial charge in [0.15, 0.2) is 5.78 Å². The molecule has 0 amide bonds. The van der Waals surface area contributed by atoms with Gasteiger partial charge in [-0.25, -0.2) is 0 Å². The Morgan fingerprint density at radius 1 is 0.950 bits per heavy atom. The molecule has 0 unspecified atom stereocenters. The van der Waals surface area contributed by atoms with Crippen molar-refractivity contribution < 1.29 is 4.79 Å². The number of allylic oxidation sites excluding steroid dienone is 1. The van der Waals surface area contributed by atoms with Gasteiger partial charge in [-0.15, -0.1) is 0 Å². The van der Waals surface area contributed by atoms with Crippen LogP contribution in [0.2, 0.25) is 0 Å². The van der Waals surface area contributed by atoms with Crippen molar-refractivity contribution in [1.29, 1.82) is 5.26 Å². The Labute approximate surface area is 119 Å². The van der Waals surface area contributed by atoms with Crippen LogP contribution in [0.25, 0.3) is 5.57 Å². The number of nitrogens with zero attached hydrogens (tertiary/aromatic N) is 1. The van der Waals surface area contributed by atoms with Crippen LogP contribution in [-0.2, 0) is 4.79 Å². The summed E-state index contributed by atoms with van der Waals surface area (Å²) < 4.78 is 0. The van der Waals surface area contributed by atoms with Gasteiger partial charge in [-0.3, -0.25) is 4.79 Å². The predicted molar refractivity (Wildman–Crippen MR) is 79.8 cm³/mol. The SMILES string of the molecule is CCC(=O)C(C#N)=C(c1ccccc1)c1ccccc1.